The van der Waals surface area contributed by atoms with Gasteiger partial charge in [0.15, 0.2) is 0 Å². The summed E-state index contributed by atoms with van der Waals surface area (Å²) in [5.41, 5.74) is 0. The molecule has 1 aliphatic carbocycles. The second-order valence-corrected chi connectivity index (χ2v) is 4.33. The van der Waals surface area contributed by atoms with E-state index in [0.29, 0.717) is 18.5 Å². The minimum atomic E-state index is -0.628. The van der Waals surface area contributed by atoms with Crippen LogP contribution in [0.25, 0.3) is 0 Å². The molecular formula is C10H17NO2. The lowest BCUT2D eigenvalue weighted by atomic mass is 9.76. The highest BCUT2D eigenvalue weighted by Gasteiger charge is 2.34. The topological polar surface area (TPSA) is 49.3 Å². The van der Waals surface area contributed by atoms with Gasteiger partial charge < -0.3 is 10.4 Å². The molecule has 2 rings (SSSR count). The zero-order valence-electron chi connectivity index (χ0n) is 7.83. The Hall–Kier alpha value is -0.570. The smallest absolute Gasteiger partial charge is 0.307 e. The molecule has 0 unspecified atom stereocenters. The Balaban J connectivity index is 1.95. The Kier molecular flexibility index (Phi) is 2.54. The van der Waals surface area contributed by atoms with E-state index in [4.69, 9.17) is 5.11 Å². The first-order valence-corrected chi connectivity index (χ1v) is 5.23. The van der Waals surface area contributed by atoms with Gasteiger partial charge in [0, 0.05) is 12.6 Å². The van der Waals surface area contributed by atoms with Gasteiger partial charge in [-0.1, -0.05) is 12.8 Å². The molecule has 1 heterocycles. The first-order valence-electron chi connectivity index (χ1n) is 5.23. The van der Waals surface area contributed by atoms with Crippen molar-refractivity contribution in [1.82, 2.24) is 5.32 Å². The van der Waals surface area contributed by atoms with Gasteiger partial charge in [-0.3, -0.25) is 4.79 Å². The Morgan fingerprint density at radius 1 is 1.31 bits per heavy atom. The molecule has 0 aromatic heterocycles. The lowest BCUT2D eigenvalue weighted by molar-refractivity contribution is -0.143. The average Bonchev–Trinajstić information content (AvgIpc) is 2.17. The second kappa shape index (κ2) is 3.66. The zero-order chi connectivity index (χ0) is 9.26. The summed E-state index contributed by atoms with van der Waals surface area (Å²) in [4.78, 5) is 10.8. The van der Waals surface area contributed by atoms with Crippen molar-refractivity contribution < 1.29 is 9.90 Å². The third-order valence-electron chi connectivity index (χ3n) is 3.47. The summed E-state index contributed by atoms with van der Waals surface area (Å²) in [7, 11) is 0. The number of piperidine rings is 1. The van der Waals surface area contributed by atoms with Crippen LogP contribution in [0.2, 0.25) is 0 Å². The molecule has 2 N–H and O–H groups in total. The van der Waals surface area contributed by atoms with Crippen LogP contribution in [0.1, 0.15) is 32.1 Å². The van der Waals surface area contributed by atoms with Crippen molar-refractivity contribution in [3.8, 4) is 0 Å². The van der Waals surface area contributed by atoms with Crippen LogP contribution in [-0.2, 0) is 4.79 Å². The number of carboxylic acids is 1. The number of hydrogen-bond acceptors (Lipinski definition) is 2. The van der Waals surface area contributed by atoms with Crippen molar-refractivity contribution >= 4 is 5.97 Å². The highest BCUT2D eigenvalue weighted by Crippen LogP contribution is 2.32. The van der Waals surface area contributed by atoms with Gasteiger partial charge in [0.25, 0.3) is 0 Å². The fourth-order valence-corrected chi connectivity index (χ4v) is 2.69. The molecule has 0 aromatic carbocycles. The van der Waals surface area contributed by atoms with Crippen molar-refractivity contribution in [3.05, 3.63) is 0 Å². The Labute approximate surface area is 78.5 Å². The predicted octanol–water partition coefficient (Wildman–Crippen LogP) is 1.24. The molecule has 1 aliphatic heterocycles. The summed E-state index contributed by atoms with van der Waals surface area (Å²) in [6.07, 6.45) is 5.96. The van der Waals surface area contributed by atoms with Gasteiger partial charge in [0.1, 0.15) is 0 Å². The van der Waals surface area contributed by atoms with Crippen molar-refractivity contribution in [2.75, 3.05) is 6.54 Å². The highest BCUT2D eigenvalue weighted by molar-refractivity contribution is 5.70. The van der Waals surface area contributed by atoms with E-state index in [9.17, 15) is 4.79 Å². The maximum absolute atomic E-state index is 10.8. The number of fused-ring (bicyclic) bond motifs is 1. The van der Waals surface area contributed by atoms with Crippen molar-refractivity contribution in [2.24, 2.45) is 11.8 Å². The zero-order valence-corrected chi connectivity index (χ0v) is 7.83. The van der Waals surface area contributed by atoms with Crippen LogP contribution in [0.3, 0.4) is 0 Å². The van der Waals surface area contributed by atoms with Crippen molar-refractivity contribution in [2.45, 2.75) is 38.1 Å². The van der Waals surface area contributed by atoms with E-state index in [-0.39, 0.29) is 5.92 Å². The van der Waals surface area contributed by atoms with Crippen LogP contribution in [0.4, 0.5) is 0 Å². The quantitative estimate of drug-likeness (QED) is 0.643. The van der Waals surface area contributed by atoms with Crippen molar-refractivity contribution in [3.63, 3.8) is 0 Å². The minimum Gasteiger partial charge on any atom is -0.481 e. The first kappa shape index (κ1) is 9.00. The monoisotopic (exact) mass is 183 g/mol. The summed E-state index contributed by atoms with van der Waals surface area (Å²) in [6.45, 7) is 0.677. The number of rotatable bonds is 1. The average molecular weight is 183 g/mol. The van der Waals surface area contributed by atoms with Gasteiger partial charge in [-0.05, 0) is 25.2 Å². The number of carboxylic acid groups (broad SMARTS) is 1. The van der Waals surface area contributed by atoms with Gasteiger partial charge in [0.05, 0.1) is 5.92 Å². The Bertz CT molecular complexity index is 205. The molecular weight excluding hydrogens is 166 g/mol. The van der Waals surface area contributed by atoms with E-state index in [2.05, 4.69) is 5.32 Å². The summed E-state index contributed by atoms with van der Waals surface area (Å²) in [5.74, 6) is -0.139. The van der Waals surface area contributed by atoms with E-state index in [1.165, 1.54) is 25.7 Å². The van der Waals surface area contributed by atoms with Crippen LogP contribution in [-0.4, -0.2) is 23.7 Å². The van der Waals surface area contributed by atoms with E-state index >= 15 is 0 Å². The standard InChI is InChI=1S/C10H17NO2/c12-10(13)8-5-7-3-1-2-4-9(7)11-6-8/h7-9,11H,1-6H2,(H,12,13)/t7-,8-,9-/m0/s1. The molecule has 2 aliphatic rings. The van der Waals surface area contributed by atoms with Crippen LogP contribution in [0, 0.1) is 11.8 Å². The third kappa shape index (κ3) is 1.85. The van der Waals surface area contributed by atoms with E-state index < -0.39 is 5.97 Å². The summed E-state index contributed by atoms with van der Waals surface area (Å²) >= 11 is 0. The molecule has 3 heteroatoms. The number of hydrogen-bond donors (Lipinski definition) is 2. The molecule has 0 aromatic rings. The van der Waals surface area contributed by atoms with Gasteiger partial charge in [-0.25, -0.2) is 0 Å². The normalized spacial score (nSPS) is 39.5. The molecule has 0 spiro atoms. The summed E-state index contributed by atoms with van der Waals surface area (Å²) in [6, 6.07) is 0.615. The maximum Gasteiger partial charge on any atom is 0.307 e. The van der Waals surface area contributed by atoms with Gasteiger partial charge >= 0.3 is 5.97 Å². The maximum atomic E-state index is 10.8. The fourth-order valence-electron chi connectivity index (χ4n) is 2.69. The largest absolute Gasteiger partial charge is 0.481 e. The fraction of sp³-hybridized carbons (Fsp3) is 0.900. The molecule has 13 heavy (non-hydrogen) atoms. The molecule has 0 bridgehead atoms. The van der Waals surface area contributed by atoms with Crippen molar-refractivity contribution in [1.29, 1.82) is 0 Å². The second-order valence-electron chi connectivity index (χ2n) is 4.33. The molecule has 0 amide bonds. The van der Waals surface area contributed by atoms with Gasteiger partial charge in [0.2, 0.25) is 0 Å². The minimum absolute atomic E-state index is 0.139. The summed E-state index contributed by atoms with van der Waals surface area (Å²) < 4.78 is 0. The first-order chi connectivity index (χ1) is 6.27. The molecule has 74 valence electrons. The van der Waals surface area contributed by atoms with Crippen LogP contribution in [0.15, 0.2) is 0 Å². The molecule has 0 radical (unpaired) electrons. The predicted molar refractivity (Wildman–Crippen MR) is 49.5 cm³/mol. The van der Waals surface area contributed by atoms with Gasteiger partial charge in [-0.15, -0.1) is 0 Å². The molecule has 1 saturated carbocycles. The van der Waals surface area contributed by atoms with E-state index in [0.717, 1.165) is 6.42 Å². The molecule has 2 fully saturated rings. The lowest BCUT2D eigenvalue weighted by Crippen LogP contribution is -2.48. The number of carbonyl (C=O) groups is 1. The number of nitrogens with one attached hydrogen (secondary N) is 1. The lowest BCUT2D eigenvalue weighted by Gasteiger charge is -2.38. The van der Waals surface area contributed by atoms with E-state index in [1.54, 1.807) is 0 Å². The van der Waals surface area contributed by atoms with Crippen LogP contribution in [0.5, 0.6) is 0 Å². The Morgan fingerprint density at radius 2 is 2.08 bits per heavy atom. The summed E-state index contributed by atoms with van der Waals surface area (Å²) in [5, 5.41) is 12.3. The molecule has 3 atom stereocenters. The highest BCUT2D eigenvalue weighted by atomic mass is 16.4. The van der Waals surface area contributed by atoms with Crippen LogP contribution < -0.4 is 5.32 Å². The number of aliphatic carboxylic acids is 1. The molecule has 3 nitrogen and oxygen atoms in total. The Morgan fingerprint density at radius 3 is 2.85 bits per heavy atom. The third-order valence-corrected chi connectivity index (χ3v) is 3.47. The van der Waals surface area contributed by atoms with Crippen LogP contribution >= 0.6 is 0 Å². The molecule has 1 saturated heterocycles. The SMILES string of the molecule is O=C(O)[C@@H]1CN[C@H]2CCCC[C@H]2C1. The van der Waals surface area contributed by atoms with E-state index in [1.807, 2.05) is 0 Å². The van der Waals surface area contributed by atoms with Gasteiger partial charge in [-0.2, -0.15) is 0 Å².